The maximum atomic E-state index is 14.1. The maximum absolute atomic E-state index is 14.1. The number of anilines is 1. The Morgan fingerprint density at radius 3 is 2.64 bits per heavy atom. The van der Waals surface area contributed by atoms with E-state index < -0.39 is 26.6 Å². The molecule has 0 spiro atoms. The van der Waals surface area contributed by atoms with E-state index in [0.717, 1.165) is 16.4 Å². The van der Waals surface area contributed by atoms with Gasteiger partial charge in [0.15, 0.2) is 5.69 Å². The number of rotatable bonds is 4. The summed E-state index contributed by atoms with van der Waals surface area (Å²) in [6, 6.07) is 4.80. The van der Waals surface area contributed by atoms with Crippen LogP contribution in [0, 0.1) is 12.7 Å². The van der Waals surface area contributed by atoms with Crippen LogP contribution in [-0.4, -0.2) is 50.1 Å². The van der Waals surface area contributed by atoms with Crippen LogP contribution >= 0.6 is 0 Å². The van der Waals surface area contributed by atoms with Gasteiger partial charge in [0.2, 0.25) is 10.0 Å². The van der Waals surface area contributed by atoms with Gasteiger partial charge >= 0.3 is 0 Å². The van der Waals surface area contributed by atoms with Crippen molar-refractivity contribution >= 4 is 21.6 Å². The van der Waals surface area contributed by atoms with Crippen LogP contribution in [0.5, 0.6) is 0 Å². The predicted molar refractivity (Wildman–Crippen MR) is 85.2 cm³/mol. The highest BCUT2D eigenvalue weighted by molar-refractivity contribution is 7.89. The van der Waals surface area contributed by atoms with Crippen molar-refractivity contribution in [3.63, 3.8) is 0 Å². The molecule has 2 heterocycles. The average molecular weight is 369 g/mol. The Bertz CT molecular complexity index is 890. The van der Waals surface area contributed by atoms with Gasteiger partial charge in [0.25, 0.3) is 5.91 Å². The molecule has 10 heteroatoms. The lowest BCUT2D eigenvalue weighted by atomic mass is 10.3. The number of morpholine rings is 1. The lowest BCUT2D eigenvalue weighted by Crippen LogP contribution is -2.40. The van der Waals surface area contributed by atoms with Crippen LogP contribution in [0.3, 0.4) is 0 Å². The molecule has 0 unspecified atom stereocenters. The number of hydrogen-bond acceptors (Lipinski definition) is 6. The summed E-state index contributed by atoms with van der Waals surface area (Å²) >= 11 is 0. The van der Waals surface area contributed by atoms with E-state index in [1.165, 1.54) is 12.1 Å². The molecule has 1 aliphatic rings. The Morgan fingerprint density at radius 2 is 2.00 bits per heavy atom. The van der Waals surface area contributed by atoms with E-state index in [1.807, 2.05) is 0 Å². The molecule has 0 saturated carbocycles. The minimum atomic E-state index is -4.02. The summed E-state index contributed by atoms with van der Waals surface area (Å²) < 4.78 is 50.4. The molecule has 1 saturated heterocycles. The zero-order valence-electron chi connectivity index (χ0n) is 13.4. The second-order valence-corrected chi connectivity index (χ2v) is 7.34. The van der Waals surface area contributed by atoms with Gasteiger partial charge in [-0.25, -0.2) is 12.8 Å². The van der Waals surface area contributed by atoms with Crippen molar-refractivity contribution in [2.75, 3.05) is 31.6 Å². The summed E-state index contributed by atoms with van der Waals surface area (Å²) in [5.41, 5.74) is 0.179. The summed E-state index contributed by atoms with van der Waals surface area (Å²) in [5.74, 6) is -1.01. The fourth-order valence-corrected chi connectivity index (χ4v) is 3.87. The van der Waals surface area contributed by atoms with Gasteiger partial charge in [-0.2, -0.15) is 4.31 Å². The molecule has 0 atom stereocenters. The molecule has 0 radical (unpaired) electrons. The topological polar surface area (TPSA) is 102 Å². The molecule has 1 aromatic carbocycles. The molecule has 134 valence electrons. The molecule has 3 rings (SSSR count). The van der Waals surface area contributed by atoms with E-state index in [1.54, 1.807) is 6.92 Å². The summed E-state index contributed by atoms with van der Waals surface area (Å²) in [6.45, 7) is 2.44. The first-order valence-corrected chi connectivity index (χ1v) is 8.94. The van der Waals surface area contributed by atoms with Gasteiger partial charge in [-0.15, -0.1) is 0 Å². The second kappa shape index (κ2) is 6.90. The number of hydrogen-bond donors (Lipinski definition) is 1. The van der Waals surface area contributed by atoms with E-state index in [2.05, 4.69) is 10.5 Å². The summed E-state index contributed by atoms with van der Waals surface area (Å²) in [4.78, 5) is 11.6. The molecule has 25 heavy (non-hydrogen) atoms. The normalized spacial score (nSPS) is 15.9. The van der Waals surface area contributed by atoms with Crippen molar-refractivity contribution in [3.8, 4) is 0 Å². The van der Waals surface area contributed by atoms with Crippen LogP contribution in [0.1, 0.15) is 16.2 Å². The fraction of sp³-hybridized carbons (Fsp3) is 0.333. The third kappa shape index (κ3) is 3.70. The van der Waals surface area contributed by atoms with E-state index in [0.29, 0.717) is 5.76 Å². The first-order chi connectivity index (χ1) is 11.9. The largest absolute Gasteiger partial charge is 0.379 e. The second-order valence-electron chi connectivity index (χ2n) is 5.44. The number of sulfonamides is 1. The number of nitrogens with one attached hydrogen (secondary N) is 1. The standard InChI is InChI=1S/C15H16FN3O5S/c1-10-8-13(18-24-10)15(20)17-11-2-3-12(16)14(9-11)25(21,22)19-4-6-23-7-5-19/h2-3,8-9H,4-7H2,1H3,(H,17,20). The van der Waals surface area contributed by atoms with E-state index >= 15 is 0 Å². The maximum Gasteiger partial charge on any atom is 0.277 e. The third-order valence-corrected chi connectivity index (χ3v) is 5.55. The zero-order chi connectivity index (χ0) is 18.0. The molecular formula is C15H16FN3O5S. The Hall–Kier alpha value is -2.30. The van der Waals surface area contributed by atoms with Gasteiger partial charge in [0.05, 0.1) is 13.2 Å². The Balaban J connectivity index is 1.86. The molecule has 1 N–H and O–H groups in total. The van der Waals surface area contributed by atoms with Gasteiger partial charge in [0, 0.05) is 24.8 Å². The first-order valence-electron chi connectivity index (χ1n) is 7.50. The first kappa shape index (κ1) is 17.5. The van der Waals surface area contributed by atoms with Crippen LogP contribution in [0.25, 0.3) is 0 Å². The predicted octanol–water partition coefficient (Wildman–Crippen LogP) is 1.40. The molecule has 1 aromatic heterocycles. The molecule has 0 aliphatic carbocycles. The quantitative estimate of drug-likeness (QED) is 0.874. The van der Waals surface area contributed by atoms with E-state index in [9.17, 15) is 17.6 Å². The monoisotopic (exact) mass is 369 g/mol. The van der Waals surface area contributed by atoms with Gasteiger partial charge < -0.3 is 14.6 Å². The van der Waals surface area contributed by atoms with Crippen molar-refractivity contribution in [1.82, 2.24) is 9.46 Å². The molecular weight excluding hydrogens is 353 g/mol. The number of nitrogens with zero attached hydrogens (tertiary/aromatic N) is 2. The van der Waals surface area contributed by atoms with Gasteiger partial charge in [0.1, 0.15) is 16.5 Å². The smallest absolute Gasteiger partial charge is 0.277 e. The van der Waals surface area contributed by atoms with Crippen LogP contribution in [0.4, 0.5) is 10.1 Å². The number of aryl methyl sites for hydroxylation is 1. The minimum absolute atomic E-state index is 0.0411. The molecule has 1 aliphatic heterocycles. The fourth-order valence-electron chi connectivity index (χ4n) is 2.37. The van der Waals surface area contributed by atoms with Crippen LogP contribution in [0.15, 0.2) is 33.7 Å². The Morgan fingerprint density at radius 1 is 1.28 bits per heavy atom. The highest BCUT2D eigenvalue weighted by Gasteiger charge is 2.29. The van der Waals surface area contributed by atoms with Gasteiger partial charge in [-0.05, 0) is 25.1 Å². The third-order valence-electron chi connectivity index (χ3n) is 3.64. The minimum Gasteiger partial charge on any atom is -0.379 e. The number of halogens is 1. The summed E-state index contributed by atoms with van der Waals surface area (Å²) in [6.07, 6.45) is 0. The van der Waals surface area contributed by atoms with E-state index in [-0.39, 0.29) is 37.7 Å². The van der Waals surface area contributed by atoms with Crippen LogP contribution < -0.4 is 5.32 Å². The SMILES string of the molecule is Cc1cc(C(=O)Nc2ccc(F)c(S(=O)(=O)N3CCOCC3)c2)no1. The molecule has 2 aromatic rings. The van der Waals surface area contributed by atoms with Gasteiger partial charge in [-0.1, -0.05) is 5.16 Å². The summed E-state index contributed by atoms with van der Waals surface area (Å²) in [7, 11) is -4.02. The average Bonchev–Trinajstić information content (AvgIpc) is 3.04. The molecule has 1 fully saturated rings. The number of benzene rings is 1. The lowest BCUT2D eigenvalue weighted by Gasteiger charge is -2.26. The molecule has 1 amide bonds. The molecule has 8 nitrogen and oxygen atoms in total. The van der Waals surface area contributed by atoms with Gasteiger partial charge in [-0.3, -0.25) is 4.79 Å². The van der Waals surface area contributed by atoms with E-state index in [4.69, 9.17) is 9.26 Å². The highest BCUT2D eigenvalue weighted by atomic mass is 32.2. The van der Waals surface area contributed by atoms with Crippen LogP contribution in [-0.2, 0) is 14.8 Å². The molecule has 0 bridgehead atoms. The van der Waals surface area contributed by atoms with Crippen molar-refractivity contribution in [2.24, 2.45) is 0 Å². The van der Waals surface area contributed by atoms with Crippen LogP contribution in [0.2, 0.25) is 0 Å². The summed E-state index contributed by atoms with van der Waals surface area (Å²) in [5, 5.41) is 6.05. The van der Waals surface area contributed by atoms with Crippen molar-refractivity contribution in [2.45, 2.75) is 11.8 Å². The number of carbonyl (C=O) groups excluding carboxylic acids is 1. The zero-order valence-corrected chi connectivity index (χ0v) is 14.2. The number of ether oxygens (including phenoxy) is 1. The van der Waals surface area contributed by atoms with Crippen molar-refractivity contribution in [3.05, 3.63) is 41.5 Å². The Kier molecular flexibility index (Phi) is 4.84. The lowest BCUT2D eigenvalue weighted by molar-refractivity contribution is 0.0729. The Labute approximate surface area is 143 Å². The number of carbonyl (C=O) groups is 1. The van der Waals surface area contributed by atoms with Crippen molar-refractivity contribution in [1.29, 1.82) is 0 Å². The number of amides is 1. The number of aromatic nitrogens is 1. The van der Waals surface area contributed by atoms with Crippen molar-refractivity contribution < 1.29 is 26.9 Å². The highest BCUT2D eigenvalue weighted by Crippen LogP contribution is 2.24.